The van der Waals surface area contributed by atoms with Crippen LogP contribution in [0.4, 0.5) is 0 Å². The van der Waals surface area contributed by atoms with E-state index in [0.717, 1.165) is 25.0 Å². The number of ether oxygens (including phenoxy) is 1. The van der Waals surface area contributed by atoms with Crippen LogP contribution in [0.1, 0.15) is 35.4 Å². The smallest absolute Gasteiger partial charge is 0.118 e. The minimum atomic E-state index is 0.150. The second kappa shape index (κ2) is 6.73. The van der Waals surface area contributed by atoms with E-state index in [1.807, 2.05) is 12.1 Å². The van der Waals surface area contributed by atoms with Gasteiger partial charge in [0, 0.05) is 10.9 Å². The number of benzene rings is 1. The van der Waals surface area contributed by atoms with Crippen LogP contribution in [0.2, 0.25) is 0 Å². The fourth-order valence-electron chi connectivity index (χ4n) is 2.21. The van der Waals surface area contributed by atoms with Gasteiger partial charge in [-0.1, -0.05) is 19.1 Å². The summed E-state index contributed by atoms with van der Waals surface area (Å²) in [6, 6.07) is 10.6. The second-order valence-corrected chi connectivity index (χ2v) is 5.60. The lowest BCUT2D eigenvalue weighted by atomic mass is 10.0. The molecule has 0 radical (unpaired) electrons. The van der Waals surface area contributed by atoms with E-state index >= 15 is 0 Å². The molecule has 2 rings (SSSR count). The number of thiophene rings is 1. The summed E-state index contributed by atoms with van der Waals surface area (Å²) < 4.78 is 5.16. The van der Waals surface area contributed by atoms with E-state index in [4.69, 9.17) is 10.5 Å². The van der Waals surface area contributed by atoms with Gasteiger partial charge < -0.3 is 10.5 Å². The summed E-state index contributed by atoms with van der Waals surface area (Å²) in [6.07, 6.45) is 3.06. The summed E-state index contributed by atoms with van der Waals surface area (Å²) in [5, 5.41) is 2.14. The van der Waals surface area contributed by atoms with Gasteiger partial charge in [-0.2, -0.15) is 0 Å². The molecule has 2 N–H and O–H groups in total. The van der Waals surface area contributed by atoms with Crippen molar-refractivity contribution in [2.75, 3.05) is 7.11 Å². The summed E-state index contributed by atoms with van der Waals surface area (Å²) in [7, 11) is 1.69. The molecule has 1 atom stereocenters. The van der Waals surface area contributed by atoms with E-state index in [-0.39, 0.29) is 6.04 Å². The maximum absolute atomic E-state index is 6.31. The van der Waals surface area contributed by atoms with Crippen molar-refractivity contribution in [2.24, 2.45) is 5.73 Å². The van der Waals surface area contributed by atoms with Crippen LogP contribution in [0, 0.1) is 0 Å². The highest BCUT2D eigenvalue weighted by Gasteiger charge is 2.11. The van der Waals surface area contributed by atoms with Crippen molar-refractivity contribution < 1.29 is 4.74 Å². The van der Waals surface area contributed by atoms with Gasteiger partial charge in [0.05, 0.1) is 7.11 Å². The van der Waals surface area contributed by atoms with Crippen LogP contribution in [-0.2, 0) is 12.8 Å². The maximum atomic E-state index is 6.31. The molecule has 1 aromatic carbocycles. The Balaban J connectivity index is 1.94. The molecule has 0 amide bonds. The first kappa shape index (κ1) is 14.1. The number of hydrogen-bond acceptors (Lipinski definition) is 3. The molecule has 0 aliphatic carbocycles. The Bertz CT molecular complexity index is 504. The Hall–Kier alpha value is -1.32. The van der Waals surface area contributed by atoms with E-state index in [1.54, 1.807) is 18.4 Å². The number of methoxy groups -OCH3 is 1. The van der Waals surface area contributed by atoms with Crippen molar-refractivity contribution in [3.63, 3.8) is 0 Å². The Kier molecular flexibility index (Phi) is 5.00. The van der Waals surface area contributed by atoms with Gasteiger partial charge in [0.1, 0.15) is 5.75 Å². The van der Waals surface area contributed by atoms with Gasteiger partial charge >= 0.3 is 0 Å². The zero-order chi connectivity index (χ0) is 13.7. The van der Waals surface area contributed by atoms with Crippen molar-refractivity contribution in [1.29, 1.82) is 0 Å². The third kappa shape index (κ3) is 3.58. The van der Waals surface area contributed by atoms with Crippen LogP contribution < -0.4 is 10.5 Å². The Morgan fingerprint density at radius 3 is 2.58 bits per heavy atom. The molecule has 1 unspecified atom stereocenters. The molecule has 0 bridgehead atoms. The van der Waals surface area contributed by atoms with E-state index in [9.17, 15) is 0 Å². The lowest BCUT2D eigenvalue weighted by Crippen LogP contribution is -2.11. The van der Waals surface area contributed by atoms with E-state index in [2.05, 4.69) is 30.5 Å². The lowest BCUT2D eigenvalue weighted by molar-refractivity contribution is 0.414. The fourth-order valence-corrected chi connectivity index (χ4v) is 3.25. The highest BCUT2D eigenvalue weighted by atomic mass is 32.1. The van der Waals surface area contributed by atoms with Crippen LogP contribution >= 0.6 is 11.3 Å². The van der Waals surface area contributed by atoms with Crippen LogP contribution in [0.5, 0.6) is 5.75 Å². The van der Waals surface area contributed by atoms with Crippen molar-refractivity contribution in [3.8, 4) is 5.75 Å². The van der Waals surface area contributed by atoms with Crippen molar-refractivity contribution in [2.45, 2.75) is 32.2 Å². The van der Waals surface area contributed by atoms with Gasteiger partial charge in [-0.3, -0.25) is 0 Å². The predicted octanol–water partition coefficient (Wildman–Crippen LogP) is 3.95. The molecule has 1 aromatic heterocycles. The zero-order valence-corrected chi connectivity index (χ0v) is 12.4. The number of rotatable bonds is 6. The topological polar surface area (TPSA) is 35.2 Å². The van der Waals surface area contributed by atoms with Gasteiger partial charge in [-0.25, -0.2) is 0 Å². The summed E-state index contributed by atoms with van der Waals surface area (Å²) in [5.74, 6) is 0.902. The van der Waals surface area contributed by atoms with Crippen LogP contribution in [0.15, 0.2) is 35.7 Å². The summed E-state index contributed by atoms with van der Waals surface area (Å²) in [5.41, 5.74) is 9.01. The molecular weight excluding hydrogens is 254 g/mol. The minimum absolute atomic E-state index is 0.150. The summed E-state index contributed by atoms with van der Waals surface area (Å²) >= 11 is 1.78. The third-order valence-electron chi connectivity index (χ3n) is 3.40. The number of aryl methyl sites for hydroxylation is 2. The predicted molar refractivity (Wildman–Crippen MR) is 81.9 cm³/mol. The van der Waals surface area contributed by atoms with E-state index in [0.29, 0.717) is 0 Å². The van der Waals surface area contributed by atoms with Gasteiger partial charge in [-0.15, -0.1) is 11.3 Å². The molecule has 2 nitrogen and oxygen atoms in total. The van der Waals surface area contributed by atoms with Crippen LogP contribution in [-0.4, -0.2) is 7.11 Å². The molecule has 0 aliphatic rings. The molecule has 19 heavy (non-hydrogen) atoms. The molecule has 2 aromatic rings. The average molecular weight is 275 g/mol. The molecule has 1 heterocycles. The first-order chi connectivity index (χ1) is 9.24. The summed E-state index contributed by atoms with van der Waals surface area (Å²) in [6.45, 7) is 2.18. The normalized spacial score (nSPS) is 12.4. The third-order valence-corrected chi connectivity index (χ3v) is 4.49. The lowest BCUT2D eigenvalue weighted by Gasteiger charge is -2.12. The zero-order valence-electron chi connectivity index (χ0n) is 11.6. The van der Waals surface area contributed by atoms with Gasteiger partial charge in [-0.05, 0) is 54.0 Å². The molecule has 3 heteroatoms. The van der Waals surface area contributed by atoms with Gasteiger partial charge in [0.25, 0.3) is 0 Å². The highest BCUT2D eigenvalue weighted by Crippen LogP contribution is 2.26. The number of hydrogen-bond donors (Lipinski definition) is 1. The Morgan fingerprint density at radius 2 is 1.95 bits per heavy atom. The SMILES string of the molecule is CCc1ccsc1C(N)CCc1ccc(OC)cc1. The van der Waals surface area contributed by atoms with Crippen molar-refractivity contribution >= 4 is 11.3 Å². The summed E-state index contributed by atoms with van der Waals surface area (Å²) in [4.78, 5) is 1.34. The fraction of sp³-hybridized carbons (Fsp3) is 0.375. The highest BCUT2D eigenvalue weighted by molar-refractivity contribution is 7.10. The first-order valence-corrected chi connectivity index (χ1v) is 7.57. The minimum Gasteiger partial charge on any atom is -0.497 e. The molecule has 0 aliphatic heterocycles. The van der Waals surface area contributed by atoms with E-state index < -0.39 is 0 Å². The monoisotopic (exact) mass is 275 g/mol. The number of nitrogens with two attached hydrogens (primary N) is 1. The Morgan fingerprint density at radius 1 is 1.21 bits per heavy atom. The van der Waals surface area contributed by atoms with Crippen molar-refractivity contribution in [3.05, 3.63) is 51.7 Å². The first-order valence-electron chi connectivity index (χ1n) is 6.69. The van der Waals surface area contributed by atoms with Crippen LogP contribution in [0.25, 0.3) is 0 Å². The average Bonchev–Trinajstić information content (AvgIpc) is 2.93. The van der Waals surface area contributed by atoms with Gasteiger partial charge in [0.15, 0.2) is 0 Å². The van der Waals surface area contributed by atoms with Crippen LogP contribution in [0.3, 0.4) is 0 Å². The Labute approximate surface area is 119 Å². The second-order valence-electron chi connectivity index (χ2n) is 4.66. The maximum Gasteiger partial charge on any atom is 0.118 e. The van der Waals surface area contributed by atoms with Crippen molar-refractivity contribution in [1.82, 2.24) is 0 Å². The standard InChI is InChI=1S/C16H21NOS/c1-3-13-10-11-19-16(13)15(17)9-6-12-4-7-14(18-2)8-5-12/h4-5,7-8,10-11,15H,3,6,9,17H2,1-2H3. The quantitative estimate of drug-likeness (QED) is 0.866. The van der Waals surface area contributed by atoms with Gasteiger partial charge in [0.2, 0.25) is 0 Å². The molecule has 0 spiro atoms. The van der Waals surface area contributed by atoms with E-state index in [1.165, 1.54) is 16.0 Å². The molecule has 0 saturated carbocycles. The molecular formula is C16H21NOS. The molecule has 0 saturated heterocycles. The largest absolute Gasteiger partial charge is 0.497 e. The molecule has 0 fully saturated rings. The molecule has 102 valence electrons.